The standard InChI is InChI=1S/C9H15N3O4/c1-2-6(8(14)15)12-9(16)11-5-3-7(13)10-4-5/h5-6H,2-4H2,1H3,(H,10,13)(H,14,15)(H2,11,12,16)/t5?,6-/m1/s1. The Hall–Kier alpha value is -1.79. The topological polar surface area (TPSA) is 108 Å². The summed E-state index contributed by atoms with van der Waals surface area (Å²) in [7, 11) is 0. The first-order valence-electron chi connectivity index (χ1n) is 5.09. The van der Waals surface area contributed by atoms with Gasteiger partial charge in [0, 0.05) is 13.0 Å². The molecule has 1 rings (SSSR count). The molecule has 0 aromatic carbocycles. The Morgan fingerprint density at radius 3 is 2.75 bits per heavy atom. The van der Waals surface area contributed by atoms with Crippen molar-refractivity contribution in [2.75, 3.05) is 6.54 Å². The molecular weight excluding hydrogens is 214 g/mol. The maximum absolute atomic E-state index is 11.4. The maximum atomic E-state index is 11.4. The number of carbonyl (C=O) groups is 3. The number of hydrogen-bond donors (Lipinski definition) is 4. The molecule has 0 spiro atoms. The second-order valence-corrected chi connectivity index (χ2v) is 3.62. The summed E-state index contributed by atoms with van der Waals surface area (Å²) in [6.45, 7) is 2.05. The van der Waals surface area contributed by atoms with Crippen LogP contribution >= 0.6 is 0 Å². The van der Waals surface area contributed by atoms with Crippen LogP contribution in [0.4, 0.5) is 4.79 Å². The molecule has 1 aliphatic rings. The van der Waals surface area contributed by atoms with Crippen molar-refractivity contribution in [3.8, 4) is 0 Å². The van der Waals surface area contributed by atoms with Crippen molar-refractivity contribution in [1.29, 1.82) is 0 Å². The molecule has 0 radical (unpaired) electrons. The number of carbonyl (C=O) groups excluding carboxylic acids is 2. The first kappa shape index (κ1) is 12.3. The minimum Gasteiger partial charge on any atom is -0.480 e. The van der Waals surface area contributed by atoms with E-state index >= 15 is 0 Å². The Bertz CT molecular complexity index is 305. The third-order valence-corrected chi connectivity index (χ3v) is 2.32. The van der Waals surface area contributed by atoms with Crippen LogP contribution in [0.5, 0.6) is 0 Å². The van der Waals surface area contributed by atoms with Gasteiger partial charge in [-0.1, -0.05) is 6.92 Å². The van der Waals surface area contributed by atoms with Crippen molar-refractivity contribution in [2.45, 2.75) is 31.8 Å². The summed E-state index contributed by atoms with van der Waals surface area (Å²) in [6, 6.07) is -1.72. The molecule has 4 N–H and O–H groups in total. The Morgan fingerprint density at radius 1 is 1.62 bits per heavy atom. The summed E-state index contributed by atoms with van der Waals surface area (Å²) in [5.41, 5.74) is 0. The third-order valence-electron chi connectivity index (χ3n) is 2.32. The first-order chi connectivity index (χ1) is 7.52. The van der Waals surface area contributed by atoms with Crippen molar-refractivity contribution < 1.29 is 19.5 Å². The molecule has 0 aliphatic carbocycles. The van der Waals surface area contributed by atoms with Crippen LogP contribution in [-0.4, -0.2) is 41.6 Å². The van der Waals surface area contributed by atoms with Gasteiger partial charge in [0.05, 0.1) is 6.04 Å². The number of amides is 3. The number of urea groups is 1. The largest absolute Gasteiger partial charge is 0.480 e. The predicted molar refractivity (Wildman–Crippen MR) is 54.8 cm³/mol. The lowest BCUT2D eigenvalue weighted by atomic mass is 10.2. The lowest BCUT2D eigenvalue weighted by Gasteiger charge is -2.15. The van der Waals surface area contributed by atoms with Crippen LogP contribution in [0.2, 0.25) is 0 Å². The van der Waals surface area contributed by atoms with Gasteiger partial charge in [-0.05, 0) is 6.42 Å². The van der Waals surface area contributed by atoms with Crippen molar-refractivity contribution >= 4 is 17.9 Å². The molecule has 3 amide bonds. The fourth-order valence-corrected chi connectivity index (χ4v) is 1.43. The zero-order chi connectivity index (χ0) is 12.1. The van der Waals surface area contributed by atoms with Gasteiger partial charge in [0.25, 0.3) is 0 Å². The number of carboxylic acids is 1. The molecular formula is C9H15N3O4. The molecule has 0 saturated carbocycles. The van der Waals surface area contributed by atoms with Gasteiger partial charge < -0.3 is 21.1 Å². The summed E-state index contributed by atoms with van der Waals surface area (Å²) in [5.74, 6) is -1.19. The summed E-state index contributed by atoms with van der Waals surface area (Å²) in [5, 5.41) is 16.1. The van der Waals surface area contributed by atoms with Gasteiger partial charge in [-0.15, -0.1) is 0 Å². The average molecular weight is 229 g/mol. The van der Waals surface area contributed by atoms with Gasteiger partial charge in [-0.2, -0.15) is 0 Å². The van der Waals surface area contributed by atoms with Crippen LogP contribution in [0.3, 0.4) is 0 Å². The van der Waals surface area contributed by atoms with Crippen molar-refractivity contribution in [3.05, 3.63) is 0 Å². The number of carboxylic acid groups (broad SMARTS) is 1. The molecule has 2 atom stereocenters. The molecule has 0 aromatic heterocycles. The number of nitrogens with one attached hydrogen (secondary N) is 3. The summed E-state index contributed by atoms with van der Waals surface area (Å²) in [6.07, 6.45) is 0.544. The zero-order valence-corrected chi connectivity index (χ0v) is 8.95. The number of hydrogen-bond acceptors (Lipinski definition) is 3. The third kappa shape index (κ3) is 3.41. The van der Waals surface area contributed by atoms with Crippen LogP contribution in [0.1, 0.15) is 19.8 Å². The average Bonchev–Trinajstić information content (AvgIpc) is 2.60. The van der Waals surface area contributed by atoms with E-state index in [1.807, 2.05) is 0 Å². The molecule has 0 aromatic rings. The van der Waals surface area contributed by atoms with Gasteiger partial charge in [0.15, 0.2) is 0 Å². The zero-order valence-electron chi connectivity index (χ0n) is 8.95. The van der Waals surface area contributed by atoms with E-state index in [0.717, 1.165) is 0 Å². The smallest absolute Gasteiger partial charge is 0.326 e. The molecule has 1 fully saturated rings. The second-order valence-electron chi connectivity index (χ2n) is 3.62. The van der Waals surface area contributed by atoms with Gasteiger partial charge in [0.1, 0.15) is 6.04 Å². The summed E-state index contributed by atoms with van der Waals surface area (Å²) in [4.78, 5) is 32.8. The molecule has 16 heavy (non-hydrogen) atoms. The predicted octanol–water partition coefficient (Wildman–Crippen LogP) is -0.963. The first-order valence-corrected chi connectivity index (χ1v) is 5.09. The van der Waals surface area contributed by atoms with Gasteiger partial charge in [-0.25, -0.2) is 9.59 Å². The Kier molecular flexibility index (Phi) is 4.10. The lowest BCUT2D eigenvalue weighted by molar-refractivity contribution is -0.139. The molecule has 1 aliphatic heterocycles. The quantitative estimate of drug-likeness (QED) is 0.497. The van der Waals surface area contributed by atoms with E-state index in [1.54, 1.807) is 6.92 Å². The van der Waals surface area contributed by atoms with E-state index in [9.17, 15) is 14.4 Å². The molecule has 1 unspecified atom stereocenters. The Labute approximate surface area is 92.6 Å². The van der Waals surface area contributed by atoms with E-state index in [0.29, 0.717) is 13.0 Å². The maximum Gasteiger partial charge on any atom is 0.326 e. The molecule has 1 saturated heterocycles. The van der Waals surface area contributed by atoms with E-state index in [2.05, 4.69) is 16.0 Å². The van der Waals surface area contributed by atoms with E-state index in [-0.39, 0.29) is 18.4 Å². The minimum absolute atomic E-state index is 0.115. The van der Waals surface area contributed by atoms with Crippen LogP contribution in [0, 0.1) is 0 Å². The van der Waals surface area contributed by atoms with E-state index < -0.39 is 18.0 Å². The highest BCUT2D eigenvalue weighted by molar-refractivity contribution is 5.84. The van der Waals surface area contributed by atoms with E-state index in [4.69, 9.17) is 5.11 Å². The van der Waals surface area contributed by atoms with Crippen molar-refractivity contribution in [2.24, 2.45) is 0 Å². The number of aliphatic carboxylic acids is 1. The Morgan fingerprint density at radius 2 is 2.31 bits per heavy atom. The number of rotatable bonds is 4. The molecule has 7 nitrogen and oxygen atoms in total. The SMILES string of the molecule is CC[C@@H](NC(=O)NC1CNC(=O)C1)C(=O)O. The van der Waals surface area contributed by atoms with Crippen molar-refractivity contribution in [3.63, 3.8) is 0 Å². The molecule has 7 heteroatoms. The lowest BCUT2D eigenvalue weighted by Crippen LogP contribution is -2.49. The van der Waals surface area contributed by atoms with Crippen molar-refractivity contribution in [1.82, 2.24) is 16.0 Å². The highest BCUT2D eigenvalue weighted by atomic mass is 16.4. The summed E-state index contributed by atoms with van der Waals surface area (Å²) < 4.78 is 0. The van der Waals surface area contributed by atoms with Crippen LogP contribution in [0.25, 0.3) is 0 Å². The van der Waals surface area contributed by atoms with Gasteiger partial charge in [0.2, 0.25) is 5.91 Å². The van der Waals surface area contributed by atoms with Crippen LogP contribution in [-0.2, 0) is 9.59 Å². The molecule has 1 heterocycles. The van der Waals surface area contributed by atoms with Crippen LogP contribution in [0.15, 0.2) is 0 Å². The highest BCUT2D eigenvalue weighted by Crippen LogP contribution is 1.99. The fourth-order valence-electron chi connectivity index (χ4n) is 1.43. The van der Waals surface area contributed by atoms with Gasteiger partial charge in [-0.3, -0.25) is 4.79 Å². The van der Waals surface area contributed by atoms with Crippen LogP contribution < -0.4 is 16.0 Å². The summed E-state index contributed by atoms with van der Waals surface area (Å²) >= 11 is 0. The minimum atomic E-state index is -1.07. The highest BCUT2D eigenvalue weighted by Gasteiger charge is 2.24. The molecule has 0 bridgehead atoms. The second kappa shape index (κ2) is 5.34. The molecule has 90 valence electrons. The van der Waals surface area contributed by atoms with E-state index in [1.165, 1.54) is 0 Å². The normalized spacial score (nSPS) is 21.1. The fraction of sp³-hybridized carbons (Fsp3) is 0.667. The Balaban J connectivity index is 2.35. The van der Waals surface area contributed by atoms with Gasteiger partial charge >= 0.3 is 12.0 Å². The monoisotopic (exact) mass is 229 g/mol.